The second kappa shape index (κ2) is 4.10. The molecule has 0 bridgehead atoms. The van der Waals surface area contributed by atoms with Crippen LogP contribution in [0.4, 0.5) is 0 Å². The zero-order chi connectivity index (χ0) is 15.5. The summed E-state index contributed by atoms with van der Waals surface area (Å²) >= 11 is 0. The van der Waals surface area contributed by atoms with Crippen molar-refractivity contribution in [3.05, 3.63) is 46.5 Å². The van der Waals surface area contributed by atoms with Crippen LogP contribution in [-0.4, -0.2) is 17.3 Å². The molecule has 3 nitrogen and oxygen atoms in total. The number of rotatable bonds is 0. The van der Waals surface area contributed by atoms with Gasteiger partial charge in [0.2, 0.25) is 11.6 Å². The van der Waals surface area contributed by atoms with Crippen molar-refractivity contribution in [2.45, 2.75) is 33.1 Å². The quantitative estimate of drug-likeness (QED) is 0.697. The third kappa shape index (κ3) is 1.70. The molecule has 3 rings (SSSR count). The topological polar surface area (TPSA) is 51.2 Å². The van der Waals surface area contributed by atoms with Gasteiger partial charge in [-0.25, -0.2) is 0 Å². The largest absolute Gasteiger partial charge is 0.289 e. The molecule has 2 aromatic rings. The number of hydrogen-bond acceptors (Lipinski definition) is 3. The summed E-state index contributed by atoms with van der Waals surface area (Å²) in [7, 11) is 0. The van der Waals surface area contributed by atoms with Crippen LogP contribution in [0.5, 0.6) is 0 Å². The van der Waals surface area contributed by atoms with Gasteiger partial charge in [0.05, 0.1) is 5.41 Å². The predicted octanol–water partition coefficient (Wildman–Crippen LogP) is 3.07. The molecular formula is C18H16O3. The summed E-state index contributed by atoms with van der Waals surface area (Å²) in [5.74, 6) is -2.21. The molecule has 1 aliphatic rings. The van der Waals surface area contributed by atoms with E-state index in [1.165, 1.54) is 0 Å². The molecule has 0 heterocycles. The van der Waals surface area contributed by atoms with Crippen LogP contribution >= 0.6 is 0 Å². The summed E-state index contributed by atoms with van der Waals surface area (Å²) in [5.41, 5.74) is 2.34. The molecule has 0 unspecified atom stereocenters. The molecule has 21 heavy (non-hydrogen) atoms. The lowest BCUT2D eigenvalue weighted by Crippen LogP contribution is -2.44. The highest BCUT2D eigenvalue weighted by molar-refractivity contribution is 6.70. The van der Waals surface area contributed by atoms with E-state index in [2.05, 4.69) is 0 Å². The lowest BCUT2D eigenvalue weighted by atomic mass is 9.70. The Morgan fingerprint density at radius 2 is 1.57 bits per heavy atom. The normalized spacial score (nSPS) is 17.2. The number of hydrogen-bond donors (Lipinski definition) is 0. The summed E-state index contributed by atoms with van der Waals surface area (Å²) in [6.07, 6.45) is 0. The Labute approximate surface area is 123 Å². The molecule has 2 aromatic carbocycles. The number of carbonyl (C=O) groups is 3. The van der Waals surface area contributed by atoms with Gasteiger partial charge in [0.1, 0.15) is 0 Å². The number of Topliss-reactive ketones (excluding diaryl/α,β-unsaturated/α-hetero) is 3. The van der Waals surface area contributed by atoms with Crippen LogP contribution in [0, 0.1) is 13.8 Å². The summed E-state index contributed by atoms with van der Waals surface area (Å²) in [4.78, 5) is 36.1. The van der Waals surface area contributed by atoms with Crippen molar-refractivity contribution in [1.29, 1.82) is 0 Å². The minimum absolute atomic E-state index is 0.361. The predicted molar refractivity (Wildman–Crippen MR) is 80.8 cm³/mol. The number of aryl methyl sites for hydroxylation is 2. The van der Waals surface area contributed by atoms with E-state index in [1.54, 1.807) is 19.9 Å². The number of benzene rings is 2. The Bertz CT molecular complexity index is 841. The van der Waals surface area contributed by atoms with E-state index in [-0.39, 0.29) is 0 Å². The highest BCUT2D eigenvalue weighted by Crippen LogP contribution is 2.36. The van der Waals surface area contributed by atoms with Crippen molar-refractivity contribution < 1.29 is 14.4 Å². The average molecular weight is 280 g/mol. The summed E-state index contributed by atoms with van der Waals surface area (Å²) in [5, 5.41) is 1.94. The van der Waals surface area contributed by atoms with Crippen LogP contribution in [0.3, 0.4) is 0 Å². The van der Waals surface area contributed by atoms with E-state index in [4.69, 9.17) is 0 Å². The molecule has 0 spiro atoms. The SMILES string of the molecule is Cc1ccc2cc3c(cc2c1C)C(C)(C)C(=O)C(=O)C3=O. The van der Waals surface area contributed by atoms with E-state index < -0.39 is 22.8 Å². The molecular weight excluding hydrogens is 264 g/mol. The third-order valence-electron chi connectivity index (χ3n) is 4.60. The summed E-state index contributed by atoms with van der Waals surface area (Å²) < 4.78 is 0. The Morgan fingerprint density at radius 3 is 2.24 bits per heavy atom. The van der Waals surface area contributed by atoms with Gasteiger partial charge in [0.15, 0.2) is 0 Å². The maximum Gasteiger partial charge on any atom is 0.269 e. The zero-order valence-corrected chi connectivity index (χ0v) is 12.5. The number of carbonyl (C=O) groups excluding carboxylic acids is 3. The standard InChI is InChI=1S/C18H16O3/c1-9-5-6-11-7-13-14(8-12(11)10(9)2)18(3,4)17(21)16(20)15(13)19/h5-8H,1-4H3. The van der Waals surface area contributed by atoms with Crippen molar-refractivity contribution >= 4 is 28.1 Å². The minimum Gasteiger partial charge on any atom is -0.289 e. The fraction of sp³-hybridized carbons (Fsp3) is 0.278. The lowest BCUT2D eigenvalue weighted by Gasteiger charge is -2.29. The number of ketones is 3. The summed E-state index contributed by atoms with van der Waals surface area (Å²) in [6.45, 7) is 7.46. The van der Waals surface area contributed by atoms with Crippen molar-refractivity contribution in [2.75, 3.05) is 0 Å². The van der Waals surface area contributed by atoms with Crippen molar-refractivity contribution in [3.8, 4) is 0 Å². The Morgan fingerprint density at radius 1 is 0.905 bits per heavy atom. The third-order valence-corrected chi connectivity index (χ3v) is 4.60. The molecule has 0 fully saturated rings. The monoisotopic (exact) mass is 280 g/mol. The van der Waals surface area contributed by atoms with E-state index in [0.717, 1.165) is 21.9 Å². The first-order valence-electron chi connectivity index (χ1n) is 6.93. The van der Waals surface area contributed by atoms with Crippen LogP contribution in [0.25, 0.3) is 10.8 Å². The molecule has 0 atom stereocenters. The van der Waals surface area contributed by atoms with Gasteiger partial charge in [-0.15, -0.1) is 0 Å². The molecule has 0 aliphatic heterocycles. The van der Waals surface area contributed by atoms with Gasteiger partial charge >= 0.3 is 0 Å². The van der Waals surface area contributed by atoms with E-state index in [1.807, 2.05) is 32.0 Å². The highest BCUT2D eigenvalue weighted by atomic mass is 16.2. The van der Waals surface area contributed by atoms with Crippen LogP contribution < -0.4 is 0 Å². The molecule has 0 saturated heterocycles. The van der Waals surface area contributed by atoms with Gasteiger partial charge in [-0.05, 0) is 67.3 Å². The second-order valence-electron chi connectivity index (χ2n) is 6.24. The lowest BCUT2D eigenvalue weighted by molar-refractivity contribution is -0.137. The van der Waals surface area contributed by atoms with E-state index >= 15 is 0 Å². The average Bonchev–Trinajstić information content (AvgIpc) is 2.46. The van der Waals surface area contributed by atoms with Crippen molar-refractivity contribution in [3.63, 3.8) is 0 Å². The molecule has 0 amide bonds. The van der Waals surface area contributed by atoms with Gasteiger partial charge in [0, 0.05) is 5.56 Å². The van der Waals surface area contributed by atoms with Gasteiger partial charge < -0.3 is 0 Å². The Balaban J connectivity index is 2.45. The first kappa shape index (κ1) is 13.7. The van der Waals surface area contributed by atoms with Gasteiger partial charge in [0.25, 0.3) is 5.78 Å². The van der Waals surface area contributed by atoms with Gasteiger partial charge in [-0.2, -0.15) is 0 Å². The maximum absolute atomic E-state index is 12.1. The van der Waals surface area contributed by atoms with Crippen LogP contribution in [0.15, 0.2) is 24.3 Å². The highest BCUT2D eigenvalue weighted by Gasteiger charge is 2.45. The van der Waals surface area contributed by atoms with Crippen LogP contribution in [0.1, 0.15) is 40.9 Å². The first-order valence-corrected chi connectivity index (χ1v) is 6.93. The van der Waals surface area contributed by atoms with Crippen molar-refractivity contribution in [1.82, 2.24) is 0 Å². The van der Waals surface area contributed by atoms with Crippen LogP contribution in [-0.2, 0) is 15.0 Å². The Hall–Kier alpha value is -2.29. The zero-order valence-electron chi connectivity index (χ0n) is 12.5. The minimum atomic E-state index is -0.954. The van der Waals surface area contributed by atoms with Crippen LogP contribution in [0.2, 0.25) is 0 Å². The van der Waals surface area contributed by atoms with Crippen molar-refractivity contribution in [2.24, 2.45) is 0 Å². The van der Waals surface area contributed by atoms with Gasteiger partial charge in [-0.3, -0.25) is 14.4 Å². The molecule has 106 valence electrons. The molecule has 1 aliphatic carbocycles. The number of fused-ring (bicyclic) bond motifs is 2. The molecule has 0 aromatic heterocycles. The molecule has 0 saturated carbocycles. The smallest absolute Gasteiger partial charge is 0.269 e. The molecule has 0 N–H and O–H groups in total. The molecule has 3 heteroatoms. The van der Waals surface area contributed by atoms with E-state index in [0.29, 0.717) is 11.1 Å². The second-order valence-corrected chi connectivity index (χ2v) is 6.24. The molecule has 0 radical (unpaired) electrons. The fourth-order valence-corrected chi connectivity index (χ4v) is 2.97. The fourth-order valence-electron chi connectivity index (χ4n) is 2.97. The first-order chi connectivity index (χ1) is 9.75. The summed E-state index contributed by atoms with van der Waals surface area (Å²) in [6, 6.07) is 7.58. The Kier molecular flexibility index (Phi) is 2.67. The van der Waals surface area contributed by atoms with Gasteiger partial charge in [-0.1, -0.05) is 12.1 Å². The maximum atomic E-state index is 12.1. The van der Waals surface area contributed by atoms with E-state index in [9.17, 15) is 14.4 Å².